The van der Waals surface area contributed by atoms with Gasteiger partial charge in [-0.25, -0.2) is 4.98 Å². The molecule has 0 atom stereocenters. The second-order valence-corrected chi connectivity index (χ2v) is 6.36. The highest BCUT2D eigenvalue weighted by Gasteiger charge is 2.24. The van der Waals surface area contributed by atoms with Crippen molar-refractivity contribution in [2.24, 2.45) is 0 Å². The van der Waals surface area contributed by atoms with E-state index in [1.807, 2.05) is 0 Å². The SMILES string of the molecule is CCN(c1ncc(CNC2CC2)cc1C)C1CCCC1. The lowest BCUT2D eigenvalue weighted by atomic mass is 10.1. The van der Waals surface area contributed by atoms with Crippen LogP contribution in [0, 0.1) is 6.92 Å². The van der Waals surface area contributed by atoms with Crippen LogP contribution in [0.15, 0.2) is 12.3 Å². The molecule has 1 N–H and O–H groups in total. The molecule has 3 nitrogen and oxygen atoms in total. The van der Waals surface area contributed by atoms with E-state index in [9.17, 15) is 0 Å². The number of rotatable bonds is 6. The zero-order valence-corrected chi connectivity index (χ0v) is 12.9. The molecule has 1 heterocycles. The van der Waals surface area contributed by atoms with Gasteiger partial charge in [-0.1, -0.05) is 12.8 Å². The van der Waals surface area contributed by atoms with Gasteiger partial charge >= 0.3 is 0 Å². The third-order valence-corrected chi connectivity index (χ3v) is 4.66. The first kappa shape index (κ1) is 13.9. The van der Waals surface area contributed by atoms with Crippen molar-refractivity contribution < 1.29 is 0 Å². The Kier molecular flexibility index (Phi) is 4.25. The van der Waals surface area contributed by atoms with Crippen LogP contribution in [0.25, 0.3) is 0 Å². The van der Waals surface area contributed by atoms with Gasteiger partial charge in [0.25, 0.3) is 0 Å². The Labute approximate surface area is 122 Å². The third kappa shape index (κ3) is 3.14. The van der Waals surface area contributed by atoms with Crippen LogP contribution in [0.3, 0.4) is 0 Å². The monoisotopic (exact) mass is 273 g/mol. The van der Waals surface area contributed by atoms with E-state index in [4.69, 9.17) is 4.98 Å². The Balaban J connectivity index is 1.70. The molecule has 20 heavy (non-hydrogen) atoms. The Bertz CT molecular complexity index is 448. The molecule has 2 aliphatic carbocycles. The number of hydrogen-bond donors (Lipinski definition) is 1. The molecule has 0 unspecified atom stereocenters. The summed E-state index contributed by atoms with van der Waals surface area (Å²) in [5.41, 5.74) is 2.65. The fourth-order valence-electron chi connectivity index (χ4n) is 3.37. The number of aromatic nitrogens is 1. The van der Waals surface area contributed by atoms with Gasteiger partial charge in [-0.15, -0.1) is 0 Å². The van der Waals surface area contributed by atoms with Crippen LogP contribution in [-0.4, -0.2) is 23.6 Å². The van der Waals surface area contributed by atoms with Crippen LogP contribution in [0.4, 0.5) is 5.82 Å². The van der Waals surface area contributed by atoms with Gasteiger partial charge in [0, 0.05) is 31.4 Å². The van der Waals surface area contributed by atoms with Gasteiger partial charge in [-0.3, -0.25) is 0 Å². The Morgan fingerprint density at radius 2 is 2.00 bits per heavy atom. The van der Waals surface area contributed by atoms with Crippen molar-refractivity contribution in [2.45, 2.75) is 71.0 Å². The van der Waals surface area contributed by atoms with E-state index >= 15 is 0 Å². The maximum atomic E-state index is 4.78. The van der Waals surface area contributed by atoms with Crippen molar-refractivity contribution in [3.8, 4) is 0 Å². The molecule has 0 saturated heterocycles. The molecule has 1 aromatic rings. The number of aryl methyl sites for hydroxylation is 1. The molecule has 0 radical (unpaired) electrons. The smallest absolute Gasteiger partial charge is 0.131 e. The van der Waals surface area contributed by atoms with Crippen molar-refractivity contribution in [1.82, 2.24) is 10.3 Å². The predicted molar refractivity (Wildman–Crippen MR) is 84.1 cm³/mol. The zero-order chi connectivity index (χ0) is 13.9. The Morgan fingerprint density at radius 1 is 1.25 bits per heavy atom. The topological polar surface area (TPSA) is 28.2 Å². The van der Waals surface area contributed by atoms with Crippen molar-refractivity contribution >= 4 is 5.82 Å². The molecular weight excluding hydrogens is 246 g/mol. The molecule has 0 aromatic carbocycles. The summed E-state index contributed by atoms with van der Waals surface area (Å²) in [7, 11) is 0. The normalized spacial score (nSPS) is 19.5. The number of pyridine rings is 1. The summed E-state index contributed by atoms with van der Waals surface area (Å²) in [6, 6.07) is 3.79. The summed E-state index contributed by atoms with van der Waals surface area (Å²) >= 11 is 0. The largest absolute Gasteiger partial charge is 0.354 e. The second kappa shape index (κ2) is 6.13. The first-order valence-corrected chi connectivity index (χ1v) is 8.23. The van der Waals surface area contributed by atoms with Crippen LogP contribution in [-0.2, 0) is 6.54 Å². The van der Waals surface area contributed by atoms with E-state index in [2.05, 4.69) is 36.3 Å². The summed E-state index contributed by atoms with van der Waals surface area (Å²) in [6.45, 7) is 6.50. The summed E-state index contributed by atoms with van der Waals surface area (Å²) < 4.78 is 0. The molecule has 2 aliphatic rings. The molecule has 2 fully saturated rings. The molecular formula is C17H27N3. The summed E-state index contributed by atoms with van der Waals surface area (Å²) in [5, 5.41) is 3.56. The minimum absolute atomic E-state index is 0.710. The average molecular weight is 273 g/mol. The lowest BCUT2D eigenvalue weighted by Crippen LogP contribution is -2.34. The third-order valence-electron chi connectivity index (χ3n) is 4.66. The van der Waals surface area contributed by atoms with Gasteiger partial charge in [-0.2, -0.15) is 0 Å². The van der Waals surface area contributed by atoms with Crippen molar-refractivity contribution in [2.75, 3.05) is 11.4 Å². The predicted octanol–water partition coefficient (Wildman–Crippen LogP) is 3.41. The van der Waals surface area contributed by atoms with Crippen LogP contribution in [0.2, 0.25) is 0 Å². The average Bonchev–Trinajstić information content (AvgIpc) is 3.13. The second-order valence-electron chi connectivity index (χ2n) is 6.36. The van der Waals surface area contributed by atoms with Crippen molar-refractivity contribution in [3.05, 3.63) is 23.4 Å². The van der Waals surface area contributed by atoms with Gasteiger partial charge in [0.2, 0.25) is 0 Å². The highest BCUT2D eigenvalue weighted by Crippen LogP contribution is 2.29. The number of nitrogens with zero attached hydrogens (tertiary/aromatic N) is 2. The van der Waals surface area contributed by atoms with E-state index in [-0.39, 0.29) is 0 Å². The van der Waals surface area contributed by atoms with E-state index in [1.165, 1.54) is 55.5 Å². The maximum Gasteiger partial charge on any atom is 0.131 e. The Morgan fingerprint density at radius 3 is 2.60 bits per heavy atom. The maximum absolute atomic E-state index is 4.78. The molecule has 0 bridgehead atoms. The lowest BCUT2D eigenvalue weighted by molar-refractivity contribution is 0.610. The fourth-order valence-corrected chi connectivity index (χ4v) is 3.37. The van der Waals surface area contributed by atoms with Crippen LogP contribution >= 0.6 is 0 Å². The lowest BCUT2D eigenvalue weighted by Gasteiger charge is -2.30. The van der Waals surface area contributed by atoms with Gasteiger partial charge < -0.3 is 10.2 Å². The van der Waals surface area contributed by atoms with Crippen molar-refractivity contribution in [3.63, 3.8) is 0 Å². The summed E-state index contributed by atoms with van der Waals surface area (Å²) in [5.74, 6) is 1.20. The van der Waals surface area contributed by atoms with Gasteiger partial charge in [0.15, 0.2) is 0 Å². The molecule has 3 rings (SSSR count). The number of anilines is 1. The summed E-state index contributed by atoms with van der Waals surface area (Å²) in [4.78, 5) is 7.29. The van der Waals surface area contributed by atoms with Gasteiger partial charge in [0.05, 0.1) is 0 Å². The highest BCUT2D eigenvalue weighted by atomic mass is 15.2. The van der Waals surface area contributed by atoms with Crippen LogP contribution in [0.1, 0.15) is 56.6 Å². The van der Waals surface area contributed by atoms with Gasteiger partial charge in [0.1, 0.15) is 5.82 Å². The van der Waals surface area contributed by atoms with Gasteiger partial charge in [-0.05, 0) is 56.7 Å². The fraction of sp³-hybridized carbons (Fsp3) is 0.706. The molecule has 0 spiro atoms. The van der Waals surface area contributed by atoms with E-state index in [1.54, 1.807) is 0 Å². The van der Waals surface area contributed by atoms with Crippen molar-refractivity contribution in [1.29, 1.82) is 0 Å². The molecule has 2 saturated carbocycles. The van der Waals surface area contributed by atoms with E-state index < -0.39 is 0 Å². The minimum Gasteiger partial charge on any atom is -0.354 e. The Hall–Kier alpha value is -1.09. The molecule has 1 aromatic heterocycles. The highest BCUT2D eigenvalue weighted by molar-refractivity contribution is 5.48. The standard InChI is InChI=1S/C17H27N3/c1-3-20(16-6-4-5-7-16)17-13(2)10-14(12-19-17)11-18-15-8-9-15/h10,12,15-16,18H,3-9,11H2,1-2H3. The van der Waals surface area contributed by atoms with E-state index in [0.717, 1.165) is 19.1 Å². The first-order valence-electron chi connectivity index (χ1n) is 8.23. The molecule has 0 amide bonds. The molecule has 3 heteroatoms. The van der Waals surface area contributed by atoms with E-state index in [0.29, 0.717) is 6.04 Å². The number of nitrogens with one attached hydrogen (secondary N) is 1. The minimum atomic E-state index is 0.710. The summed E-state index contributed by atoms with van der Waals surface area (Å²) in [6.07, 6.45) is 10.2. The van der Waals surface area contributed by atoms with Crippen LogP contribution in [0.5, 0.6) is 0 Å². The number of hydrogen-bond acceptors (Lipinski definition) is 3. The van der Waals surface area contributed by atoms with Crippen LogP contribution < -0.4 is 10.2 Å². The molecule has 0 aliphatic heterocycles. The zero-order valence-electron chi connectivity index (χ0n) is 12.9. The molecule has 110 valence electrons. The first-order chi connectivity index (χ1) is 9.78. The quantitative estimate of drug-likeness (QED) is 0.861.